The minimum Gasteiger partial charge on any atom is -0.352 e. The molecule has 5 nitrogen and oxygen atoms in total. The van der Waals surface area contributed by atoms with Gasteiger partial charge < -0.3 is 15.0 Å². The maximum Gasteiger partial charge on any atom is 0.252 e. The van der Waals surface area contributed by atoms with E-state index >= 15 is 0 Å². The molecule has 2 heterocycles. The van der Waals surface area contributed by atoms with Crippen molar-refractivity contribution < 1.29 is 4.79 Å². The maximum absolute atomic E-state index is 11.8. The van der Waals surface area contributed by atoms with E-state index < -0.39 is 0 Å². The van der Waals surface area contributed by atoms with E-state index in [2.05, 4.69) is 15.6 Å². The molecule has 0 unspecified atom stereocenters. The summed E-state index contributed by atoms with van der Waals surface area (Å²) in [5.41, 5.74) is 1.50. The lowest BCUT2D eigenvalue weighted by atomic mass is 10.2. The van der Waals surface area contributed by atoms with Gasteiger partial charge in [0.15, 0.2) is 0 Å². The molecular formula is C12H16N4O. The number of carbonyl (C=O) groups is 1. The molecule has 0 aliphatic rings. The summed E-state index contributed by atoms with van der Waals surface area (Å²) in [6.07, 6.45) is 6.25. The van der Waals surface area contributed by atoms with Crippen LogP contribution in [-0.4, -0.2) is 35.4 Å². The molecular weight excluding hydrogens is 216 g/mol. The van der Waals surface area contributed by atoms with Crippen molar-refractivity contribution in [1.29, 1.82) is 0 Å². The number of carbonyl (C=O) groups excluding carboxylic acids is 1. The van der Waals surface area contributed by atoms with Crippen LogP contribution in [-0.2, 0) is 0 Å². The Hall–Kier alpha value is -1.88. The van der Waals surface area contributed by atoms with Gasteiger partial charge in [-0.15, -0.1) is 0 Å². The Morgan fingerprint density at radius 1 is 1.41 bits per heavy atom. The molecule has 0 aromatic carbocycles. The van der Waals surface area contributed by atoms with Crippen LogP contribution in [0.2, 0.25) is 0 Å². The van der Waals surface area contributed by atoms with Crippen LogP contribution in [0.25, 0.3) is 5.65 Å². The first-order valence-electron chi connectivity index (χ1n) is 5.67. The average Bonchev–Trinajstić information content (AvgIpc) is 2.81. The van der Waals surface area contributed by atoms with Gasteiger partial charge in [-0.25, -0.2) is 4.98 Å². The van der Waals surface area contributed by atoms with Gasteiger partial charge in [-0.1, -0.05) is 0 Å². The molecule has 0 aliphatic carbocycles. The van der Waals surface area contributed by atoms with Gasteiger partial charge in [0.25, 0.3) is 5.91 Å². The zero-order chi connectivity index (χ0) is 12.1. The summed E-state index contributed by atoms with van der Waals surface area (Å²) in [5.74, 6) is -0.0447. The number of aromatic nitrogens is 2. The molecule has 1 amide bonds. The number of pyridine rings is 1. The molecule has 2 rings (SSSR count). The van der Waals surface area contributed by atoms with Crippen LogP contribution < -0.4 is 10.6 Å². The molecule has 0 spiro atoms. The zero-order valence-electron chi connectivity index (χ0n) is 9.81. The molecule has 0 atom stereocenters. The third kappa shape index (κ3) is 2.82. The Morgan fingerprint density at radius 3 is 3.12 bits per heavy atom. The molecule has 0 saturated heterocycles. The van der Waals surface area contributed by atoms with Crippen LogP contribution in [0.15, 0.2) is 30.7 Å². The second kappa shape index (κ2) is 5.45. The second-order valence-electron chi connectivity index (χ2n) is 3.82. The molecule has 2 N–H and O–H groups in total. The molecule has 0 fully saturated rings. The lowest BCUT2D eigenvalue weighted by molar-refractivity contribution is 0.0953. The van der Waals surface area contributed by atoms with Crippen molar-refractivity contribution in [2.45, 2.75) is 6.42 Å². The summed E-state index contributed by atoms with van der Waals surface area (Å²) in [5, 5.41) is 5.92. The van der Waals surface area contributed by atoms with Gasteiger partial charge in [0, 0.05) is 25.1 Å². The summed E-state index contributed by atoms with van der Waals surface area (Å²) < 4.78 is 1.84. The zero-order valence-corrected chi connectivity index (χ0v) is 9.81. The van der Waals surface area contributed by atoms with Gasteiger partial charge in [-0.2, -0.15) is 0 Å². The fourth-order valence-electron chi connectivity index (χ4n) is 1.62. The molecule has 0 aliphatic heterocycles. The molecule has 0 radical (unpaired) electrons. The van der Waals surface area contributed by atoms with E-state index in [9.17, 15) is 4.79 Å². The minimum absolute atomic E-state index is 0.0447. The molecule has 0 saturated carbocycles. The van der Waals surface area contributed by atoms with Crippen molar-refractivity contribution in [2.24, 2.45) is 0 Å². The normalized spacial score (nSPS) is 10.6. The van der Waals surface area contributed by atoms with E-state index in [1.807, 2.05) is 23.7 Å². The molecule has 90 valence electrons. The number of rotatable bonds is 5. The predicted molar refractivity (Wildman–Crippen MR) is 66.1 cm³/mol. The molecule has 17 heavy (non-hydrogen) atoms. The van der Waals surface area contributed by atoms with Crippen LogP contribution in [0, 0.1) is 0 Å². The highest BCUT2D eigenvalue weighted by Crippen LogP contribution is 2.04. The van der Waals surface area contributed by atoms with Crippen LogP contribution in [0.5, 0.6) is 0 Å². The first kappa shape index (κ1) is 11.6. The van der Waals surface area contributed by atoms with Gasteiger partial charge in [0.1, 0.15) is 5.65 Å². The Kier molecular flexibility index (Phi) is 3.72. The number of nitrogens with one attached hydrogen (secondary N) is 2. The number of nitrogens with zero attached hydrogens (tertiary/aromatic N) is 2. The largest absolute Gasteiger partial charge is 0.352 e. The Balaban J connectivity index is 1.98. The number of amides is 1. The van der Waals surface area contributed by atoms with Gasteiger partial charge in [-0.3, -0.25) is 4.79 Å². The standard InChI is InChI=1S/C12H16N4O/c1-13-5-2-6-15-12(17)10-3-4-11-14-7-8-16(11)9-10/h3-4,7-9,13H,2,5-6H2,1H3,(H,15,17). The quantitative estimate of drug-likeness (QED) is 0.745. The van der Waals surface area contributed by atoms with Crippen molar-refractivity contribution in [3.8, 4) is 0 Å². The smallest absolute Gasteiger partial charge is 0.252 e. The maximum atomic E-state index is 11.8. The number of hydrogen-bond donors (Lipinski definition) is 2. The van der Waals surface area contributed by atoms with Crippen molar-refractivity contribution in [3.05, 3.63) is 36.3 Å². The molecule has 2 aromatic rings. The predicted octanol–water partition coefficient (Wildman–Crippen LogP) is 0.674. The second-order valence-corrected chi connectivity index (χ2v) is 3.82. The third-order valence-electron chi connectivity index (χ3n) is 2.54. The topological polar surface area (TPSA) is 58.4 Å². The number of fused-ring (bicyclic) bond motifs is 1. The summed E-state index contributed by atoms with van der Waals surface area (Å²) in [7, 11) is 1.90. The van der Waals surface area contributed by atoms with E-state index in [4.69, 9.17) is 0 Å². The van der Waals surface area contributed by atoms with E-state index in [1.165, 1.54) is 0 Å². The summed E-state index contributed by atoms with van der Waals surface area (Å²) in [6.45, 7) is 1.59. The lowest BCUT2D eigenvalue weighted by Crippen LogP contribution is -2.26. The summed E-state index contributed by atoms with van der Waals surface area (Å²) >= 11 is 0. The van der Waals surface area contributed by atoms with E-state index in [0.717, 1.165) is 18.6 Å². The summed E-state index contributed by atoms with van der Waals surface area (Å²) in [6, 6.07) is 3.62. The molecule has 5 heteroatoms. The fourth-order valence-corrected chi connectivity index (χ4v) is 1.62. The lowest BCUT2D eigenvalue weighted by Gasteiger charge is -2.05. The Labute approximate surface area is 99.9 Å². The fraction of sp³-hybridized carbons (Fsp3) is 0.333. The monoisotopic (exact) mass is 232 g/mol. The number of imidazole rings is 1. The Morgan fingerprint density at radius 2 is 2.29 bits per heavy atom. The van der Waals surface area contributed by atoms with Crippen LogP contribution in [0.3, 0.4) is 0 Å². The van der Waals surface area contributed by atoms with Crippen molar-refractivity contribution in [3.63, 3.8) is 0 Å². The van der Waals surface area contributed by atoms with Crippen molar-refractivity contribution in [2.75, 3.05) is 20.1 Å². The van der Waals surface area contributed by atoms with Gasteiger partial charge in [0.2, 0.25) is 0 Å². The SMILES string of the molecule is CNCCCNC(=O)c1ccc2nccn2c1. The number of hydrogen-bond acceptors (Lipinski definition) is 3. The van der Waals surface area contributed by atoms with E-state index in [1.54, 1.807) is 18.5 Å². The first-order chi connectivity index (χ1) is 8.31. The Bertz CT molecular complexity index is 506. The average molecular weight is 232 g/mol. The minimum atomic E-state index is -0.0447. The third-order valence-corrected chi connectivity index (χ3v) is 2.54. The highest BCUT2D eigenvalue weighted by Gasteiger charge is 2.05. The van der Waals surface area contributed by atoms with Gasteiger partial charge in [0.05, 0.1) is 5.56 Å². The van der Waals surface area contributed by atoms with Crippen LogP contribution in [0.1, 0.15) is 16.8 Å². The first-order valence-corrected chi connectivity index (χ1v) is 5.67. The highest BCUT2D eigenvalue weighted by molar-refractivity contribution is 5.94. The van der Waals surface area contributed by atoms with Crippen LogP contribution in [0.4, 0.5) is 0 Å². The van der Waals surface area contributed by atoms with Gasteiger partial charge in [-0.05, 0) is 32.1 Å². The molecule has 0 bridgehead atoms. The van der Waals surface area contributed by atoms with E-state index in [0.29, 0.717) is 12.1 Å². The van der Waals surface area contributed by atoms with Crippen LogP contribution >= 0.6 is 0 Å². The van der Waals surface area contributed by atoms with Crippen molar-refractivity contribution >= 4 is 11.6 Å². The summed E-state index contributed by atoms with van der Waals surface area (Å²) in [4.78, 5) is 15.9. The van der Waals surface area contributed by atoms with E-state index in [-0.39, 0.29) is 5.91 Å². The van der Waals surface area contributed by atoms with Gasteiger partial charge >= 0.3 is 0 Å². The molecule has 2 aromatic heterocycles. The highest BCUT2D eigenvalue weighted by atomic mass is 16.1. The van der Waals surface area contributed by atoms with Crippen molar-refractivity contribution in [1.82, 2.24) is 20.0 Å².